The average Bonchev–Trinajstić information content (AvgIpc) is 2.89. The van der Waals surface area contributed by atoms with Crippen molar-refractivity contribution in [3.05, 3.63) is 28.8 Å². The Morgan fingerprint density at radius 1 is 1.30 bits per heavy atom. The van der Waals surface area contributed by atoms with Crippen LogP contribution in [0.5, 0.6) is 5.75 Å². The highest BCUT2D eigenvalue weighted by Gasteiger charge is 2.31. The van der Waals surface area contributed by atoms with E-state index in [1.54, 1.807) is 23.1 Å². The van der Waals surface area contributed by atoms with Crippen LogP contribution in [0.3, 0.4) is 0 Å². The summed E-state index contributed by atoms with van der Waals surface area (Å²) < 4.78 is 5.96. The molecule has 1 saturated heterocycles. The Labute approximate surface area is 123 Å². The molecule has 1 aliphatic heterocycles. The molecule has 0 spiro atoms. The van der Waals surface area contributed by atoms with Crippen molar-refractivity contribution in [1.29, 1.82) is 0 Å². The number of nitrogens with zero attached hydrogens (tertiary/aromatic N) is 1. The molecule has 3 rings (SSSR count). The zero-order chi connectivity index (χ0) is 14.1. The highest BCUT2D eigenvalue weighted by molar-refractivity contribution is 6.31. The second-order valence-electron chi connectivity index (χ2n) is 5.53. The summed E-state index contributed by atoms with van der Waals surface area (Å²) in [6.07, 6.45) is 4.24. The summed E-state index contributed by atoms with van der Waals surface area (Å²) in [5, 5.41) is 9.84. The van der Waals surface area contributed by atoms with Crippen molar-refractivity contribution in [1.82, 2.24) is 4.90 Å². The number of carbonyl (C=O) groups is 1. The number of β-amino-alcohol motifs (C(OH)–C–C–N with tert-alkyl or cyclic N) is 1. The molecule has 108 valence electrons. The van der Waals surface area contributed by atoms with E-state index in [-0.39, 0.29) is 12.0 Å². The number of hydrogen-bond acceptors (Lipinski definition) is 3. The topological polar surface area (TPSA) is 49.8 Å². The number of carbonyl (C=O) groups excluding carboxylic acids is 1. The summed E-state index contributed by atoms with van der Waals surface area (Å²) in [5.74, 6) is 0.485. The van der Waals surface area contributed by atoms with Crippen molar-refractivity contribution >= 4 is 17.5 Å². The summed E-state index contributed by atoms with van der Waals surface area (Å²) in [6, 6.07) is 5.16. The summed E-state index contributed by atoms with van der Waals surface area (Å²) in [5.41, 5.74) is 0.497. The van der Waals surface area contributed by atoms with Gasteiger partial charge in [-0.15, -0.1) is 0 Å². The van der Waals surface area contributed by atoms with Crippen molar-refractivity contribution in [3.8, 4) is 5.75 Å². The standard InChI is InChI=1S/C15H18ClNO3/c16-10-5-6-14(20-12-3-1-2-4-12)13(7-10)15(19)17-8-11(18)9-17/h5-7,11-12,18H,1-4,8-9H2. The molecule has 1 aromatic carbocycles. The molecule has 0 radical (unpaired) electrons. The summed E-state index contributed by atoms with van der Waals surface area (Å²) >= 11 is 6.00. The first-order valence-electron chi connectivity index (χ1n) is 7.07. The smallest absolute Gasteiger partial charge is 0.257 e. The van der Waals surface area contributed by atoms with Crippen molar-refractivity contribution in [3.63, 3.8) is 0 Å². The Morgan fingerprint density at radius 2 is 2.00 bits per heavy atom. The Morgan fingerprint density at radius 3 is 2.65 bits per heavy atom. The van der Waals surface area contributed by atoms with Gasteiger partial charge in [0.15, 0.2) is 0 Å². The minimum Gasteiger partial charge on any atom is -0.490 e. The zero-order valence-corrected chi connectivity index (χ0v) is 12.0. The summed E-state index contributed by atoms with van der Waals surface area (Å²) in [6.45, 7) is 0.766. The number of likely N-dealkylation sites (tertiary alicyclic amines) is 1. The zero-order valence-electron chi connectivity index (χ0n) is 11.2. The molecule has 0 atom stereocenters. The number of ether oxygens (including phenoxy) is 1. The van der Waals surface area contributed by atoms with Gasteiger partial charge in [0.1, 0.15) is 5.75 Å². The highest BCUT2D eigenvalue weighted by Crippen LogP contribution is 2.30. The third-order valence-corrected chi connectivity index (χ3v) is 4.15. The van der Waals surface area contributed by atoms with Gasteiger partial charge in [-0.05, 0) is 43.9 Å². The average molecular weight is 296 g/mol. The first-order chi connectivity index (χ1) is 9.63. The van der Waals surface area contributed by atoms with Gasteiger partial charge in [-0.1, -0.05) is 11.6 Å². The van der Waals surface area contributed by atoms with Gasteiger partial charge in [0, 0.05) is 18.1 Å². The molecule has 2 fully saturated rings. The van der Waals surface area contributed by atoms with E-state index in [1.165, 1.54) is 12.8 Å². The maximum atomic E-state index is 12.4. The Bertz CT molecular complexity index is 508. The molecular formula is C15H18ClNO3. The van der Waals surface area contributed by atoms with E-state index < -0.39 is 6.10 Å². The van der Waals surface area contributed by atoms with Gasteiger partial charge in [0.2, 0.25) is 0 Å². The lowest BCUT2D eigenvalue weighted by molar-refractivity contribution is 0.00555. The van der Waals surface area contributed by atoms with E-state index in [9.17, 15) is 9.90 Å². The van der Waals surface area contributed by atoms with Crippen LogP contribution in [0.4, 0.5) is 0 Å². The van der Waals surface area contributed by atoms with Gasteiger partial charge >= 0.3 is 0 Å². The molecule has 1 heterocycles. The maximum Gasteiger partial charge on any atom is 0.257 e. The number of amides is 1. The Hall–Kier alpha value is -1.26. The van der Waals surface area contributed by atoms with Crippen LogP contribution in [0.1, 0.15) is 36.0 Å². The van der Waals surface area contributed by atoms with Gasteiger partial charge in [-0.2, -0.15) is 0 Å². The molecule has 1 aromatic rings. The number of hydrogen-bond donors (Lipinski definition) is 1. The molecule has 0 unspecified atom stereocenters. The van der Waals surface area contributed by atoms with Crippen molar-refractivity contribution in [2.24, 2.45) is 0 Å². The van der Waals surface area contributed by atoms with Gasteiger partial charge in [-0.25, -0.2) is 0 Å². The van der Waals surface area contributed by atoms with E-state index in [1.807, 2.05) is 0 Å². The number of rotatable bonds is 3. The van der Waals surface area contributed by atoms with Crippen LogP contribution in [-0.4, -0.2) is 41.2 Å². The van der Waals surface area contributed by atoms with Crippen molar-refractivity contribution < 1.29 is 14.6 Å². The predicted octanol–water partition coefficient (Wildman–Crippen LogP) is 2.48. The monoisotopic (exact) mass is 295 g/mol. The van der Waals surface area contributed by atoms with Gasteiger partial charge in [0.05, 0.1) is 17.8 Å². The molecule has 1 N–H and O–H groups in total. The third kappa shape index (κ3) is 2.76. The first kappa shape index (κ1) is 13.7. The third-order valence-electron chi connectivity index (χ3n) is 3.92. The lowest BCUT2D eigenvalue weighted by Crippen LogP contribution is -2.53. The molecule has 5 heteroatoms. The van der Waals surface area contributed by atoms with Crippen LogP contribution in [0.25, 0.3) is 0 Å². The van der Waals surface area contributed by atoms with E-state index in [2.05, 4.69) is 0 Å². The van der Waals surface area contributed by atoms with Crippen LogP contribution in [0.2, 0.25) is 5.02 Å². The Balaban J connectivity index is 1.80. The minimum atomic E-state index is -0.405. The van der Waals surface area contributed by atoms with Crippen LogP contribution in [0, 0.1) is 0 Å². The quantitative estimate of drug-likeness (QED) is 0.932. The molecule has 0 bridgehead atoms. The number of aliphatic hydroxyl groups is 1. The fourth-order valence-corrected chi connectivity index (χ4v) is 2.92. The number of aliphatic hydroxyl groups excluding tert-OH is 1. The fraction of sp³-hybridized carbons (Fsp3) is 0.533. The number of halogens is 1. The Kier molecular flexibility index (Phi) is 3.85. The molecule has 1 aliphatic carbocycles. The SMILES string of the molecule is O=C(c1cc(Cl)ccc1OC1CCCC1)N1CC(O)C1. The lowest BCUT2D eigenvalue weighted by Gasteiger charge is -2.36. The maximum absolute atomic E-state index is 12.4. The van der Waals surface area contributed by atoms with Crippen molar-refractivity contribution in [2.75, 3.05) is 13.1 Å². The molecular weight excluding hydrogens is 278 g/mol. The lowest BCUT2D eigenvalue weighted by atomic mass is 10.1. The highest BCUT2D eigenvalue weighted by atomic mass is 35.5. The summed E-state index contributed by atoms with van der Waals surface area (Å²) in [4.78, 5) is 14.0. The van der Waals surface area contributed by atoms with Crippen LogP contribution in [-0.2, 0) is 0 Å². The van der Waals surface area contributed by atoms with Gasteiger partial charge in [0.25, 0.3) is 5.91 Å². The fourth-order valence-electron chi connectivity index (χ4n) is 2.75. The molecule has 4 nitrogen and oxygen atoms in total. The van der Waals surface area contributed by atoms with Crippen LogP contribution < -0.4 is 4.74 Å². The van der Waals surface area contributed by atoms with Crippen molar-refractivity contribution in [2.45, 2.75) is 37.9 Å². The first-order valence-corrected chi connectivity index (χ1v) is 7.45. The largest absolute Gasteiger partial charge is 0.490 e. The second kappa shape index (κ2) is 5.62. The molecule has 1 amide bonds. The van der Waals surface area contributed by atoms with Crippen LogP contribution >= 0.6 is 11.6 Å². The molecule has 20 heavy (non-hydrogen) atoms. The van der Waals surface area contributed by atoms with E-state index in [0.717, 1.165) is 12.8 Å². The van der Waals surface area contributed by atoms with E-state index in [0.29, 0.717) is 29.4 Å². The normalized spacial score (nSPS) is 20.0. The van der Waals surface area contributed by atoms with Gasteiger partial charge < -0.3 is 14.7 Å². The predicted molar refractivity (Wildman–Crippen MR) is 76.2 cm³/mol. The molecule has 1 saturated carbocycles. The van der Waals surface area contributed by atoms with Gasteiger partial charge in [-0.3, -0.25) is 4.79 Å². The second-order valence-corrected chi connectivity index (χ2v) is 5.97. The van der Waals surface area contributed by atoms with E-state index in [4.69, 9.17) is 16.3 Å². The molecule has 0 aromatic heterocycles. The number of benzene rings is 1. The van der Waals surface area contributed by atoms with Crippen LogP contribution in [0.15, 0.2) is 18.2 Å². The van der Waals surface area contributed by atoms with E-state index >= 15 is 0 Å². The summed E-state index contributed by atoms with van der Waals surface area (Å²) in [7, 11) is 0. The molecule has 2 aliphatic rings. The minimum absolute atomic E-state index is 0.120.